The second-order valence-electron chi connectivity index (χ2n) is 4.05. The van der Waals surface area contributed by atoms with Gasteiger partial charge < -0.3 is 15.4 Å². The quantitative estimate of drug-likeness (QED) is 0.709. The second kappa shape index (κ2) is 8.31. The van der Waals surface area contributed by atoms with E-state index in [2.05, 4.69) is 10.6 Å². The molecule has 0 aromatic rings. The van der Waals surface area contributed by atoms with Crippen molar-refractivity contribution in [1.82, 2.24) is 10.6 Å². The van der Waals surface area contributed by atoms with Crippen LogP contribution in [-0.2, 0) is 14.3 Å². The molecule has 0 saturated carbocycles. The number of nitrogens with one attached hydrogen (secondary N) is 2. The zero-order chi connectivity index (χ0) is 12.0. The maximum atomic E-state index is 11.6. The molecule has 5 nitrogen and oxygen atoms in total. The van der Waals surface area contributed by atoms with E-state index in [4.69, 9.17) is 4.74 Å². The van der Waals surface area contributed by atoms with Crippen LogP contribution < -0.4 is 10.6 Å². The minimum Gasteiger partial charge on any atom is -0.466 e. The van der Waals surface area contributed by atoms with Gasteiger partial charge in [-0.05, 0) is 26.3 Å². The molecule has 2 unspecified atom stereocenters. The van der Waals surface area contributed by atoms with Crippen molar-refractivity contribution in [2.24, 2.45) is 5.92 Å². The van der Waals surface area contributed by atoms with E-state index in [1.54, 1.807) is 13.8 Å². The SMILES string of the molecule is CCOC(=O)C(C)CNC(=O)C1CCCN1.Cl. The number of hydrogen-bond donors (Lipinski definition) is 2. The molecule has 2 N–H and O–H groups in total. The summed E-state index contributed by atoms with van der Waals surface area (Å²) in [5.41, 5.74) is 0. The van der Waals surface area contributed by atoms with Crippen LogP contribution in [0.4, 0.5) is 0 Å². The zero-order valence-corrected chi connectivity index (χ0v) is 11.1. The number of esters is 1. The summed E-state index contributed by atoms with van der Waals surface area (Å²) in [6, 6.07) is -0.0885. The molecule has 1 amide bonds. The molecule has 0 aliphatic carbocycles. The van der Waals surface area contributed by atoms with E-state index in [0.29, 0.717) is 13.2 Å². The molecule has 0 aromatic carbocycles. The Labute approximate surface area is 108 Å². The molecule has 1 fully saturated rings. The predicted molar refractivity (Wildman–Crippen MR) is 67.1 cm³/mol. The van der Waals surface area contributed by atoms with Crippen molar-refractivity contribution in [3.63, 3.8) is 0 Å². The standard InChI is InChI=1S/C11H20N2O3.ClH/c1-3-16-11(15)8(2)7-13-10(14)9-5-4-6-12-9;/h8-9,12H,3-7H2,1-2H3,(H,13,14);1H. The lowest BCUT2D eigenvalue weighted by molar-refractivity contribution is -0.147. The number of halogens is 1. The molecule has 100 valence electrons. The Morgan fingerprint density at radius 3 is 2.76 bits per heavy atom. The fraction of sp³-hybridized carbons (Fsp3) is 0.818. The van der Waals surface area contributed by atoms with Crippen molar-refractivity contribution in [2.45, 2.75) is 32.7 Å². The first-order chi connectivity index (χ1) is 7.65. The van der Waals surface area contributed by atoms with Gasteiger partial charge in [-0.2, -0.15) is 0 Å². The van der Waals surface area contributed by atoms with Crippen molar-refractivity contribution in [1.29, 1.82) is 0 Å². The third kappa shape index (κ3) is 5.37. The average Bonchev–Trinajstić information content (AvgIpc) is 2.79. The summed E-state index contributed by atoms with van der Waals surface area (Å²) >= 11 is 0. The first-order valence-electron chi connectivity index (χ1n) is 5.83. The third-order valence-corrected chi connectivity index (χ3v) is 2.65. The molecular formula is C11H21ClN2O3. The maximum Gasteiger partial charge on any atom is 0.310 e. The van der Waals surface area contributed by atoms with Gasteiger partial charge in [-0.1, -0.05) is 6.92 Å². The van der Waals surface area contributed by atoms with Gasteiger partial charge in [-0.3, -0.25) is 9.59 Å². The molecule has 1 heterocycles. The van der Waals surface area contributed by atoms with Gasteiger partial charge in [0.1, 0.15) is 0 Å². The van der Waals surface area contributed by atoms with Crippen LogP contribution in [0.5, 0.6) is 0 Å². The van der Waals surface area contributed by atoms with E-state index >= 15 is 0 Å². The van der Waals surface area contributed by atoms with Gasteiger partial charge in [0, 0.05) is 6.54 Å². The maximum absolute atomic E-state index is 11.6. The number of carbonyl (C=O) groups is 2. The van der Waals surface area contributed by atoms with E-state index in [9.17, 15) is 9.59 Å². The fourth-order valence-corrected chi connectivity index (χ4v) is 1.65. The highest BCUT2D eigenvalue weighted by Crippen LogP contribution is 2.05. The van der Waals surface area contributed by atoms with Gasteiger partial charge in [0.15, 0.2) is 0 Å². The number of hydrogen-bond acceptors (Lipinski definition) is 4. The summed E-state index contributed by atoms with van der Waals surface area (Å²) in [4.78, 5) is 22.9. The zero-order valence-electron chi connectivity index (χ0n) is 10.3. The van der Waals surface area contributed by atoms with Crippen LogP contribution in [0, 0.1) is 5.92 Å². The molecule has 0 aromatic heterocycles. The molecule has 2 atom stereocenters. The molecule has 0 spiro atoms. The summed E-state index contributed by atoms with van der Waals surface area (Å²) in [7, 11) is 0. The minimum atomic E-state index is -0.287. The Morgan fingerprint density at radius 2 is 2.24 bits per heavy atom. The lowest BCUT2D eigenvalue weighted by Gasteiger charge is -2.14. The van der Waals surface area contributed by atoms with Gasteiger partial charge in [0.2, 0.25) is 5.91 Å². The molecule has 0 radical (unpaired) electrons. The summed E-state index contributed by atoms with van der Waals surface area (Å²) in [6.07, 6.45) is 1.91. The molecule has 1 rings (SSSR count). The van der Waals surface area contributed by atoms with E-state index in [1.807, 2.05) is 0 Å². The van der Waals surface area contributed by atoms with Crippen LogP contribution in [0.3, 0.4) is 0 Å². The minimum absolute atomic E-state index is 0. The molecule has 17 heavy (non-hydrogen) atoms. The smallest absolute Gasteiger partial charge is 0.310 e. The van der Waals surface area contributed by atoms with E-state index in [-0.39, 0.29) is 36.2 Å². The summed E-state index contributed by atoms with van der Waals surface area (Å²) in [6.45, 7) is 5.13. The van der Waals surface area contributed by atoms with E-state index in [1.165, 1.54) is 0 Å². The lowest BCUT2D eigenvalue weighted by Crippen LogP contribution is -2.43. The van der Waals surface area contributed by atoms with Crippen molar-refractivity contribution in [3.05, 3.63) is 0 Å². The molecule has 0 bridgehead atoms. The van der Waals surface area contributed by atoms with Crippen LogP contribution in [-0.4, -0.2) is 37.6 Å². The predicted octanol–water partition coefficient (Wildman–Crippen LogP) is 0.476. The van der Waals surface area contributed by atoms with Crippen LogP contribution in [0.2, 0.25) is 0 Å². The summed E-state index contributed by atoms with van der Waals surface area (Å²) < 4.78 is 4.86. The number of rotatable bonds is 5. The van der Waals surface area contributed by atoms with Crippen LogP contribution in [0.25, 0.3) is 0 Å². The lowest BCUT2D eigenvalue weighted by atomic mass is 10.1. The summed E-state index contributed by atoms with van der Waals surface area (Å²) in [5.74, 6) is -0.568. The average molecular weight is 265 g/mol. The van der Waals surface area contributed by atoms with Crippen LogP contribution in [0.1, 0.15) is 26.7 Å². The topological polar surface area (TPSA) is 67.4 Å². The van der Waals surface area contributed by atoms with Crippen LogP contribution in [0.15, 0.2) is 0 Å². The highest BCUT2D eigenvalue weighted by Gasteiger charge is 2.23. The van der Waals surface area contributed by atoms with Crippen molar-refractivity contribution in [3.8, 4) is 0 Å². The summed E-state index contributed by atoms with van der Waals surface area (Å²) in [5, 5.41) is 5.87. The van der Waals surface area contributed by atoms with Gasteiger partial charge in [-0.25, -0.2) is 0 Å². The number of ether oxygens (including phenoxy) is 1. The molecule has 1 aliphatic heterocycles. The normalized spacial score (nSPS) is 20.2. The monoisotopic (exact) mass is 264 g/mol. The third-order valence-electron chi connectivity index (χ3n) is 2.65. The van der Waals surface area contributed by atoms with Gasteiger partial charge >= 0.3 is 5.97 Å². The van der Waals surface area contributed by atoms with E-state index < -0.39 is 0 Å². The molecular weight excluding hydrogens is 244 g/mol. The molecule has 1 aliphatic rings. The van der Waals surface area contributed by atoms with Gasteiger partial charge in [0.05, 0.1) is 18.6 Å². The molecule has 6 heteroatoms. The Balaban J connectivity index is 0.00000256. The largest absolute Gasteiger partial charge is 0.466 e. The Bertz CT molecular complexity index is 255. The number of carbonyl (C=O) groups excluding carboxylic acids is 2. The van der Waals surface area contributed by atoms with E-state index in [0.717, 1.165) is 19.4 Å². The number of amides is 1. The van der Waals surface area contributed by atoms with Crippen LogP contribution >= 0.6 is 12.4 Å². The highest BCUT2D eigenvalue weighted by atomic mass is 35.5. The van der Waals surface area contributed by atoms with Crippen molar-refractivity contribution < 1.29 is 14.3 Å². The first kappa shape index (κ1) is 16.2. The van der Waals surface area contributed by atoms with Crippen molar-refractivity contribution >= 4 is 24.3 Å². The highest BCUT2D eigenvalue weighted by molar-refractivity contribution is 5.85. The Morgan fingerprint density at radius 1 is 1.53 bits per heavy atom. The van der Waals surface area contributed by atoms with Gasteiger partial charge in [0.25, 0.3) is 0 Å². The second-order valence-corrected chi connectivity index (χ2v) is 4.05. The molecule has 1 saturated heterocycles. The Kier molecular flexibility index (Phi) is 7.91. The Hall–Kier alpha value is -0.810. The fourth-order valence-electron chi connectivity index (χ4n) is 1.65. The van der Waals surface area contributed by atoms with Gasteiger partial charge in [-0.15, -0.1) is 12.4 Å². The first-order valence-corrected chi connectivity index (χ1v) is 5.83. The van der Waals surface area contributed by atoms with Crippen molar-refractivity contribution in [2.75, 3.05) is 19.7 Å².